The molecule has 0 aliphatic rings. The molecule has 0 heterocycles. The van der Waals surface area contributed by atoms with Gasteiger partial charge in [-0.2, -0.15) is 0 Å². The molecule has 0 fully saturated rings. The van der Waals surface area contributed by atoms with E-state index in [2.05, 4.69) is 16.0 Å². The summed E-state index contributed by atoms with van der Waals surface area (Å²) in [4.78, 5) is 34.1. The van der Waals surface area contributed by atoms with E-state index in [4.69, 9.17) is 16.7 Å². The zero-order valence-corrected chi connectivity index (χ0v) is 13.2. The summed E-state index contributed by atoms with van der Waals surface area (Å²) in [5.74, 6) is -1.80. The molecular weight excluding hydrogens is 310 g/mol. The number of nitrogens with one attached hydrogen (secondary N) is 3. The van der Waals surface area contributed by atoms with Crippen molar-refractivity contribution in [3.05, 3.63) is 28.8 Å². The number of anilines is 1. The fraction of sp³-hybridized carbons (Fsp3) is 0.357. The Labute approximate surface area is 133 Å². The Hall–Kier alpha value is -2.28. The van der Waals surface area contributed by atoms with Crippen molar-refractivity contribution in [2.24, 2.45) is 0 Å². The number of halogens is 1. The smallest absolute Gasteiger partial charge is 0.322 e. The van der Waals surface area contributed by atoms with Crippen LogP contribution in [0.25, 0.3) is 0 Å². The van der Waals surface area contributed by atoms with Gasteiger partial charge in [0.05, 0.1) is 10.6 Å². The quantitative estimate of drug-likeness (QED) is 0.679. The van der Waals surface area contributed by atoms with Crippen LogP contribution in [0.1, 0.15) is 31.1 Å². The molecule has 0 unspecified atom stereocenters. The van der Waals surface area contributed by atoms with Crippen molar-refractivity contribution in [1.82, 2.24) is 10.6 Å². The molecule has 0 spiro atoms. The van der Waals surface area contributed by atoms with Crippen molar-refractivity contribution in [1.29, 1.82) is 0 Å². The summed E-state index contributed by atoms with van der Waals surface area (Å²) >= 11 is 5.91. The number of aliphatic carboxylic acids is 1. The van der Waals surface area contributed by atoms with E-state index in [-0.39, 0.29) is 10.6 Å². The molecule has 0 bridgehead atoms. The molecule has 0 saturated carbocycles. The van der Waals surface area contributed by atoms with E-state index in [0.29, 0.717) is 5.69 Å². The molecule has 22 heavy (non-hydrogen) atoms. The maximum atomic E-state index is 11.8. The zero-order valence-electron chi connectivity index (χ0n) is 12.5. The molecule has 1 rings (SSSR count). The maximum Gasteiger partial charge on any atom is 0.322 e. The fourth-order valence-corrected chi connectivity index (χ4v) is 1.73. The number of rotatable bonds is 4. The number of amides is 3. The molecule has 8 heteroatoms. The monoisotopic (exact) mass is 327 g/mol. The van der Waals surface area contributed by atoms with Crippen LogP contribution in [0.15, 0.2) is 18.2 Å². The van der Waals surface area contributed by atoms with Gasteiger partial charge in [0.25, 0.3) is 5.91 Å². The number of hydrogen-bond donors (Lipinski definition) is 4. The maximum absolute atomic E-state index is 11.8. The molecule has 120 valence electrons. The van der Waals surface area contributed by atoms with Gasteiger partial charge in [0.15, 0.2) is 0 Å². The SMILES string of the molecule is CC(C)(C)NC(=O)Nc1ccc(Cl)c(C(=O)NCC(=O)O)c1. The highest BCUT2D eigenvalue weighted by Crippen LogP contribution is 2.20. The second-order valence-corrected chi connectivity index (χ2v) is 6.01. The third-order valence-corrected chi connectivity index (χ3v) is 2.69. The van der Waals surface area contributed by atoms with Gasteiger partial charge in [-0.1, -0.05) is 11.6 Å². The van der Waals surface area contributed by atoms with Crippen LogP contribution in [-0.4, -0.2) is 35.1 Å². The first-order valence-corrected chi connectivity index (χ1v) is 6.85. The molecule has 1 aromatic rings. The van der Waals surface area contributed by atoms with Gasteiger partial charge in [0.1, 0.15) is 6.54 Å². The Morgan fingerprint density at radius 1 is 1.23 bits per heavy atom. The predicted molar refractivity (Wildman–Crippen MR) is 83.3 cm³/mol. The van der Waals surface area contributed by atoms with E-state index in [9.17, 15) is 14.4 Å². The molecule has 7 nitrogen and oxygen atoms in total. The first-order chi connectivity index (χ1) is 10.1. The highest BCUT2D eigenvalue weighted by atomic mass is 35.5. The Morgan fingerprint density at radius 3 is 2.41 bits per heavy atom. The third-order valence-electron chi connectivity index (χ3n) is 2.36. The summed E-state index contributed by atoms with van der Waals surface area (Å²) in [5, 5.41) is 16.2. The molecule has 0 aliphatic carbocycles. The van der Waals surface area contributed by atoms with Crippen molar-refractivity contribution in [3.8, 4) is 0 Å². The van der Waals surface area contributed by atoms with Crippen molar-refractivity contribution in [2.75, 3.05) is 11.9 Å². The number of carboxylic acid groups (broad SMARTS) is 1. The van der Waals surface area contributed by atoms with Gasteiger partial charge >= 0.3 is 12.0 Å². The van der Waals surface area contributed by atoms with Crippen LogP contribution in [0.2, 0.25) is 5.02 Å². The van der Waals surface area contributed by atoms with Gasteiger partial charge in [0.2, 0.25) is 0 Å². The van der Waals surface area contributed by atoms with Gasteiger partial charge < -0.3 is 21.1 Å². The summed E-state index contributed by atoms with van der Waals surface area (Å²) in [6.45, 7) is 4.98. The lowest BCUT2D eigenvalue weighted by atomic mass is 10.1. The highest BCUT2D eigenvalue weighted by Gasteiger charge is 2.16. The third kappa shape index (κ3) is 6.01. The van der Waals surface area contributed by atoms with Crippen molar-refractivity contribution >= 4 is 35.2 Å². The Balaban J connectivity index is 2.83. The average Bonchev–Trinajstić information content (AvgIpc) is 2.36. The Bertz CT molecular complexity index is 596. The number of urea groups is 1. The summed E-state index contributed by atoms with van der Waals surface area (Å²) in [5.41, 5.74) is 0.0428. The molecular formula is C14H18ClN3O4. The molecule has 0 radical (unpaired) electrons. The largest absolute Gasteiger partial charge is 0.480 e. The Morgan fingerprint density at radius 2 is 1.86 bits per heavy atom. The van der Waals surface area contributed by atoms with Gasteiger partial charge in [-0.15, -0.1) is 0 Å². The number of carboxylic acids is 1. The zero-order chi connectivity index (χ0) is 16.9. The standard InChI is InChI=1S/C14H18ClN3O4/c1-14(2,3)18-13(22)17-8-4-5-10(15)9(6-8)12(21)16-7-11(19)20/h4-6H,7H2,1-3H3,(H,16,21)(H,19,20)(H2,17,18,22). The van der Waals surface area contributed by atoms with Crippen LogP contribution in [0, 0.1) is 0 Å². The normalized spacial score (nSPS) is 10.7. The molecule has 0 aromatic heterocycles. The molecule has 0 saturated heterocycles. The predicted octanol–water partition coefficient (Wildman–Crippen LogP) is 2.07. The van der Waals surface area contributed by atoms with Crippen LogP contribution >= 0.6 is 11.6 Å². The van der Waals surface area contributed by atoms with Crippen LogP contribution in [0.4, 0.5) is 10.5 Å². The van der Waals surface area contributed by atoms with E-state index in [1.54, 1.807) is 6.07 Å². The molecule has 0 aliphatic heterocycles. The second kappa shape index (κ2) is 7.13. The van der Waals surface area contributed by atoms with Gasteiger partial charge in [-0.05, 0) is 39.0 Å². The summed E-state index contributed by atoms with van der Waals surface area (Å²) in [6, 6.07) is 3.94. The first-order valence-electron chi connectivity index (χ1n) is 6.47. The Kier molecular flexibility index (Phi) is 5.76. The topological polar surface area (TPSA) is 108 Å². The van der Waals surface area contributed by atoms with E-state index < -0.39 is 30.0 Å². The van der Waals surface area contributed by atoms with Gasteiger partial charge in [0, 0.05) is 11.2 Å². The van der Waals surface area contributed by atoms with Crippen molar-refractivity contribution in [2.45, 2.75) is 26.3 Å². The summed E-state index contributed by atoms with van der Waals surface area (Å²) in [6.07, 6.45) is 0. The van der Waals surface area contributed by atoms with Crippen molar-refractivity contribution < 1.29 is 19.5 Å². The van der Waals surface area contributed by atoms with E-state index >= 15 is 0 Å². The minimum Gasteiger partial charge on any atom is -0.480 e. The molecule has 4 N–H and O–H groups in total. The van der Waals surface area contributed by atoms with E-state index in [1.165, 1.54) is 12.1 Å². The van der Waals surface area contributed by atoms with Crippen molar-refractivity contribution in [3.63, 3.8) is 0 Å². The number of benzene rings is 1. The lowest BCUT2D eigenvalue weighted by Gasteiger charge is -2.21. The highest BCUT2D eigenvalue weighted by molar-refractivity contribution is 6.34. The number of carbonyl (C=O) groups excluding carboxylic acids is 2. The molecule has 0 atom stereocenters. The van der Waals surface area contributed by atoms with Crippen LogP contribution < -0.4 is 16.0 Å². The second-order valence-electron chi connectivity index (χ2n) is 5.60. The van der Waals surface area contributed by atoms with Gasteiger partial charge in [-0.25, -0.2) is 4.79 Å². The van der Waals surface area contributed by atoms with Crippen LogP contribution in [-0.2, 0) is 4.79 Å². The summed E-state index contributed by atoms with van der Waals surface area (Å²) < 4.78 is 0. The molecule has 3 amide bonds. The number of carbonyl (C=O) groups is 3. The summed E-state index contributed by atoms with van der Waals surface area (Å²) in [7, 11) is 0. The van der Waals surface area contributed by atoms with Crippen LogP contribution in [0.5, 0.6) is 0 Å². The van der Waals surface area contributed by atoms with E-state index in [1.807, 2.05) is 20.8 Å². The fourth-order valence-electron chi connectivity index (χ4n) is 1.53. The molecule has 1 aromatic carbocycles. The van der Waals surface area contributed by atoms with Gasteiger partial charge in [-0.3, -0.25) is 9.59 Å². The lowest BCUT2D eigenvalue weighted by molar-refractivity contribution is -0.135. The van der Waals surface area contributed by atoms with Crippen LogP contribution in [0.3, 0.4) is 0 Å². The van der Waals surface area contributed by atoms with E-state index in [0.717, 1.165) is 0 Å². The lowest BCUT2D eigenvalue weighted by Crippen LogP contribution is -2.43. The average molecular weight is 328 g/mol. The minimum atomic E-state index is -1.16. The first kappa shape index (κ1) is 17.8. The minimum absolute atomic E-state index is 0.0801. The number of hydrogen-bond acceptors (Lipinski definition) is 3.